The fraction of sp³-hybridized carbons (Fsp3) is 0.105. The lowest BCUT2D eigenvalue weighted by Crippen LogP contribution is -2.23. The first-order valence-corrected chi connectivity index (χ1v) is 9.35. The number of hydrogen-bond donors (Lipinski definition) is 0. The molecule has 0 amide bonds. The van der Waals surface area contributed by atoms with Gasteiger partial charge in [-0.25, -0.2) is 18.7 Å². The molecule has 142 valence electrons. The molecule has 5 nitrogen and oxygen atoms in total. The Morgan fingerprint density at radius 1 is 1.18 bits per heavy atom. The van der Waals surface area contributed by atoms with E-state index in [-0.39, 0.29) is 17.6 Å². The Bertz CT molecular complexity index is 1260. The predicted molar refractivity (Wildman–Crippen MR) is 104 cm³/mol. The van der Waals surface area contributed by atoms with Crippen molar-refractivity contribution < 1.29 is 13.5 Å². The Morgan fingerprint density at radius 2 is 2.00 bits per heavy atom. The number of methoxy groups -OCH3 is 1. The molecule has 0 saturated heterocycles. The van der Waals surface area contributed by atoms with Gasteiger partial charge in [-0.1, -0.05) is 6.07 Å². The van der Waals surface area contributed by atoms with E-state index in [1.54, 1.807) is 12.1 Å². The molecule has 0 aliphatic carbocycles. The van der Waals surface area contributed by atoms with Gasteiger partial charge in [0.2, 0.25) is 5.28 Å². The number of aromatic nitrogens is 3. The van der Waals surface area contributed by atoms with Crippen LogP contribution in [0.4, 0.5) is 8.78 Å². The Labute approximate surface area is 166 Å². The molecular weight excluding hydrogens is 408 g/mol. The first kappa shape index (κ1) is 18.5. The molecular formula is C19H12ClF2N3O2S. The number of hydrogen-bond acceptors (Lipinski definition) is 5. The van der Waals surface area contributed by atoms with Gasteiger partial charge >= 0.3 is 0 Å². The summed E-state index contributed by atoms with van der Waals surface area (Å²) in [7, 11) is 1.36. The maximum absolute atomic E-state index is 14.4. The minimum Gasteiger partial charge on any atom is -0.494 e. The van der Waals surface area contributed by atoms with Crippen LogP contribution in [0.1, 0.15) is 5.56 Å². The molecule has 3 aromatic heterocycles. The average molecular weight is 420 g/mol. The van der Waals surface area contributed by atoms with Gasteiger partial charge < -0.3 is 9.30 Å². The zero-order chi connectivity index (χ0) is 19.8. The maximum Gasteiger partial charge on any atom is 0.286 e. The fourth-order valence-electron chi connectivity index (χ4n) is 2.90. The second-order valence-electron chi connectivity index (χ2n) is 5.96. The topological polar surface area (TPSA) is 57.0 Å². The highest BCUT2D eigenvalue weighted by molar-refractivity contribution is 7.16. The normalized spacial score (nSPS) is 11.1. The second kappa shape index (κ2) is 7.29. The lowest BCUT2D eigenvalue weighted by Gasteiger charge is -2.11. The third-order valence-corrected chi connectivity index (χ3v) is 5.16. The predicted octanol–water partition coefficient (Wildman–Crippen LogP) is 4.51. The summed E-state index contributed by atoms with van der Waals surface area (Å²) >= 11 is 7.36. The van der Waals surface area contributed by atoms with Gasteiger partial charge in [0.15, 0.2) is 17.4 Å². The highest BCUT2D eigenvalue weighted by Crippen LogP contribution is 2.30. The summed E-state index contributed by atoms with van der Waals surface area (Å²) in [6.07, 6.45) is 1.48. The number of fused-ring (bicyclic) bond motifs is 1. The first-order valence-electron chi connectivity index (χ1n) is 8.10. The van der Waals surface area contributed by atoms with Crippen molar-refractivity contribution in [2.24, 2.45) is 0 Å². The van der Waals surface area contributed by atoms with Crippen LogP contribution >= 0.6 is 22.9 Å². The number of ether oxygens (including phenoxy) is 1. The van der Waals surface area contributed by atoms with E-state index in [4.69, 9.17) is 16.3 Å². The summed E-state index contributed by atoms with van der Waals surface area (Å²) in [5, 5.41) is 2.56. The van der Waals surface area contributed by atoms with E-state index in [1.165, 1.54) is 41.3 Å². The van der Waals surface area contributed by atoms with Crippen molar-refractivity contribution in [3.05, 3.63) is 74.7 Å². The Morgan fingerprint density at radius 3 is 2.75 bits per heavy atom. The number of pyridine rings is 1. The van der Waals surface area contributed by atoms with E-state index in [0.717, 1.165) is 6.07 Å². The van der Waals surface area contributed by atoms with Crippen molar-refractivity contribution >= 4 is 33.2 Å². The van der Waals surface area contributed by atoms with E-state index in [1.807, 2.05) is 5.38 Å². The lowest BCUT2D eigenvalue weighted by molar-refractivity contribution is 0.386. The molecule has 0 aliphatic heterocycles. The lowest BCUT2D eigenvalue weighted by atomic mass is 10.1. The summed E-state index contributed by atoms with van der Waals surface area (Å²) in [6, 6.07) is 7.22. The van der Waals surface area contributed by atoms with Gasteiger partial charge in [0, 0.05) is 17.1 Å². The van der Waals surface area contributed by atoms with Crippen LogP contribution in [0.3, 0.4) is 0 Å². The highest BCUT2D eigenvalue weighted by atomic mass is 35.5. The molecule has 0 atom stereocenters. The third-order valence-electron chi connectivity index (χ3n) is 4.18. The average Bonchev–Trinajstić information content (AvgIpc) is 3.13. The summed E-state index contributed by atoms with van der Waals surface area (Å²) < 4.78 is 34.3. The molecule has 3 heterocycles. The highest BCUT2D eigenvalue weighted by Gasteiger charge is 2.15. The summed E-state index contributed by atoms with van der Waals surface area (Å²) in [5.74, 6) is -1.41. The van der Waals surface area contributed by atoms with Gasteiger partial charge in [0.1, 0.15) is 4.83 Å². The van der Waals surface area contributed by atoms with E-state index in [0.29, 0.717) is 27.0 Å². The molecule has 0 radical (unpaired) electrons. The van der Waals surface area contributed by atoms with Crippen LogP contribution in [0.25, 0.3) is 21.5 Å². The van der Waals surface area contributed by atoms with Crippen LogP contribution in [0.5, 0.6) is 5.75 Å². The molecule has 4 rings (SSSR count). The van der Waals surface area contributed by atoms with Crippen LogP contribution in [0.2, 0.25) is 5.28 Å². The second-order valence-corrected chi connectivity index (χ2v) is 7.19. The Balaban J connectivity index is 1.82. The minimum absolute atomic E-state index is 0.0178. The van der Waals surface area contributed by atoms with Crippen LogP contribution in [0, 0.1) is 11.6 Å². The number of benzene rings is 1. The molecule has 28 heavy (non-hydrogen) atoms. The van der Waals surface area contributed by atoms with Crippen molar-refractivity contribution in [2.45, 2.75) is 6.54 Å². The largest absolute Gasteiger partial charge is 0.494 e. The molecule has 9 heteroatoms. The van der Waals surface area contributed by atoms with Gasteiger partial charge in [-0.2, -0.15) is 0 Å². The molecule has 0 fully saturated rings. The van der Waals surface area contributed by atoms with Crippen molar-refractivity contribution in [1.82, 2.24) is 14.5 Å². The summed E-state index contributed by atoms with van der Waals surface area (Å²) in [5.41, 5.74) is 0.462. The monoisotopic (exact) mass is 419 g/mol. The molecule has 0 bridgehead atoms. The molecule has 0 unspecified atom stereocenters. The van der Waals surface area contributed by atoms with Gasteiger partial charge in [0.25, 0.3) is 5.56 Å². The van der Waals surface area contributed by atoms with E-state index in [9.17, 15) is 13.6 Å². The van der Waals surface area contributed by atoms with Crippen LogP contribution in [-0.4, -0.2) is 21.6 Å². The minimum atomic E-state index is -0.940. The summed E-state index contributed by atoms with van der Waals surface area (Å²) in [6.45, 7) is -0.0178. The van der Waals surface area contributed by atoms with Crippen molar-refractivity contribution in [1.29, 1.82) is 0 Å². The molecule has 0 saturated carbocycles. The molecule has 0 spiro atoms. The smallest absolute Gasteiger partial charge is 0.286 e. The summed E-state index contributed by atoms with van der Waals surface area (Å²) in [4.78, 5) is 21.3. The van der Waals surface area contributed by atoms with Gasteiger partial charge in [-0.05, 0) is 46.8 Å². The molecule has 1 aromatic carbocycles. The zero-order valence-electron chi connectivity index (χ0n) is 14.4. The molecule has 0 aliphatic rings. The number of halogens is 3. The first-order chi connectivity index (χ1) is 13.5. The Hall–Kier alpha value is -2.84. The molecule has 0 N–H and O–H groups in total. The van der Waals surface area contributed by atoms with Gasteiger partial charge in [-0.15, -0.1) is 11.3 Å². The Kier molecular flexibility index (Phi) is 4.82. The standard InChI is InChI=1S/C19H12ClF2N3O2S/c1-27-15-3-2-10(6-13(15)21)8-25-9-11(7-14(22)18(25)26)16-12-4-5-28-17(12)24-19(20)23-16/h2-7,9H,8H2,1H3. The van der Waals surface area contributed by atoms with Crippen LogP contribution in [0.15, 0.2) is 46.7 Å². The number of rotatable bonds is 4. The van der Waals surface area contributed by atoms with E-state index in [2.05, 4.69) is 9.97 Å². The van der Waals surface area contributed by atoms with Crippen LogP contribution < -0.4 is 10.3 Å². The van der Waals surface area contributed by atoms with Crippen LogP contribution in [-0.2, 0) is 6.54 Å². The third kappa shape index (κ3) is 3.36. The number of nitrogens with zero attached hydrogens (tertiary/aromatic N) is 3. The molecule has 4 aromatic rings. The van der Waals surface area contributed by atoms with Crippen molar-refractivity contribution in [3.8, 4) is 17.0 Å². The number of thiophene rings is 1. The maximum atomic E-state index is 14.4. The van der Waals surface area contributed by atoms with E-state index < -0.39 is 17.2 Å². The quantitative estimate of drug-likeness (QED) is 0.457. The van der Waals surface area contributed by atoms with Crippen molar-refractivity contribution in [2.75, 3.05) is 7.11 Å². The van der Waals surface area contributed by atoms with E-state index >= 15 is 0 Å². The van der Waals surface area contributed by atoms with Gasteiger partial charge in [-0.3, -0.25) is 4.79 Å². The fourth-order valence-corrected chi connectivity index (χ4v) is 3.88. The van der Waals surface area contributed by atoms with Gasteiger partial charge in [0.05, 0.1) is 19.3 Å². The SMILES string of the molecule is COc1ccc(Cn2cc(-c3nc(Cl)nc4sccc34)cc(F)c2=O)cc1F. The van der Waals surface area contributed by atoms with Crippen molar-refractivity contribution in [3.63, 3.8) is 0 Å². The zero-order valence-corrected chi connectivity index (χ0v) is 16.0.